The maximum absolute atomic E-state index is 12.4. The fraction of sp³-hybridized carbons (Fsp3) is 0.529. The van der Waals surface area contributed by atoms with Crippen LogP contribution in [-0.2, 0) is 4.74 Å². The van der Waals surface area contributed by atoms with Gasteiger partial charge in [0.1, 0.15) is 0 Å². The van der Waals surface area contributed by atoms with E-state index in [1.165, 1.54) is 12.1 Å². The highest BCUT2D eigenvalue weighted by molar-refractivity contribution is 6.34. The second kappa shape index (κ2) is 7.51. The number of ether oxygens (including phenoxy) is 1. The predicted octanol–water partition coefficient (Wildman–Crippen LogP) is 1.42. The van der Waals surface area contributed by atoms with Gasteiger partial charge < -0.3 is 15.8 Å². The van der Waals surface area contributed by atoms with E-state index in [2.05, 4.69) is 10.2 Å². The Morgan fingerprint density at radius 3 is 2.58 bits per heavy atom. The number of hydrogen-bond acceptors (Lipinski definition) is 4. The van der Waals surface area contributed by atoms with Gasteiger partial charge in [-0.1, -0.05) is 11.6 Å². The van der Waals surface area contributed by atoms with E-state index in [0.717, 1.165) is 45.6 Å². The standard InChI is InChI=1S/C17H22ClN3O3/c18-15-9-11(1-2-14(15)16(19)22)17(23)20-12-3-6-21(7-4-12)13-5-8-24-10-13/h1-2,9,12-13H,3-8,10H2,(H2,19,22)(H,20,23). The zero-order chi connectivity index (χ0) is 17.1. The minimum absolute atomic E-state index is 0.158. The Bertz CT molecular complexity index is 624. The molecule has 130 valence electrons. The van der Waals surface area contributed by atoms with Crippen molar-refractivity contribution in [3.05, 3.63) is 34.3 Å². The molecular weight excluding hydrogens is 330 g/mol. The first kappa shape index (κ1) is 17.2. The van der Waals surface area contributed by atoms with Gasteiger partial charge in [-0.3, -0.25) is 14.5 Å². The molecule has 1 unspecified atom stereocenters. The second-order valence-electron chi connectivity index (χ2n) is 6.36. The minimum Gasteiger partial charge on any atom is -0.380 e. The third kappa shape index (κ3) is 3.88. The number of piperidine rings is 1. The van der Waals surface area contributed by atoms with E-state index >= 15 is 0 Å². The molecule has 1 aromatic rings. The number of nitrogens with two attached hydrogens (primary N) is 1. The molecule has 6 nitrogen and oxygen atoms in total. The van der Waals surface area contributed by atoms with Crippen molar-refractivity contribution in [2.75, 3.05) is 26.3 Å². The molecule has 1 atom stereocenters. The van der Waals surface area contributed by atoms with Crippen molar-refractivity contribution in [1.82, 2.24) is 10.2 Å². The number of carbonyl (C=O) groups is 2. The number of rotatable bonds is 4. The van der Waals surface area contributed by atoms with Crippen molar-refractivity contribution in [1.29, 1.82) is 0 Å². The van der Waals surface area contributed by atoms with Crippen LogP contribution >= 0.6 is 11.6 Å². The SMILES string of the molecule is NC(=O)c1ccc(C(=O)NC2CCN(C3CCOC3)CC2)cc1Cl. The summed E-state index contributed by atoms with van der Waals surface area (Å²) in [6, 6.07) is 5.24. The van der Waals surface area contributed by atoms with E-state index in [1.54, 1.807) is 6.07 Å². The number of amides is 2. The molecule has 2 amide bonds. The Morgan fingerprint density at radius 2 is 2.00 bits per heavy atom. The molecule has 2 aliphatic heterocycles. The summed E-state index contributed by atoms with van der Waals surface area (Å²) in [6.07, 6.45) is 2.95. The molecule has 1 aromatic carbocycles. The van der Waals surface area contributed by atoms with Crippen LogP contribution in [0.2, 0.25) is 5.02 Å². The van der Waals surface area contributed by atoms with E-state index in [0.29, 0.717) is 11.6 Å². The number of hydrogen-bond donors (Lipinski definition) is 2. The first-order valence-corrected chi connectivity index (χ1v) is 8.64. The van der Waals surface area contributed by atoms with E-state index in [1.807, 2.05) is 0 Å². The van der Waals surface area contributed by atoms with Gasteiger partial charge in [-0.05, 0) is 37.5 Å². The lowest BCUT2D eigenvalue weighted by molar-refractivity contribution is 0.0874. The lowest BCUT2D eigenvalue weighted by Gasteiger charge is -2.35. The fourth-order valence-corrected chi connectivity index (χ4v) is 3.62. The summed E-state index contributed by atoms with van der Waals surface area (Å²) in [4.78, 5) is 26.0. The number of benzene rings is 1. The number of nitrogens with one attached hydrogen (secondary N) is 1. The van der Waals surface area contributed by atoms with Gasteiger partial charge >= 0.3 is 0 Å². The second-order valence-corrected chi connectivity index (χ2v) is 6.77. The van der Waals surface area contributed by atoms with Crippen molar-refractivity contribution in [3.63, 3.8) is 0 Å². The number of primary amides is 1. The van der Waals surface area contributed by atoms with Gasteiger partial charge in [-0.2, -0.15) is 0 Å². The van der Waals surface area contributed by atoms with Crippen LogP contribution in [0.25, 0.3) is 0 Å². The maximum atomic E-state index is 12.4. The van der Waals surface area contributed by atoms with Crippen LogP contribution in [0.15, 0.2) is 18.2 Å². The Morgan fingerprint density at radius 1 is 1.25 bits per heavy atom. The average Bonchev–Trinajstić information content (AvgIpc) is 3.09. The molecule has 0 aromatic heterocycles. The quantitative estimate of drug-likeness (QED) is 0.859. The Labute approximate surface area is 146 Å². The van der Waals surface area contributed by atoms with Gasteiger partial charge in [0.2, 0.25) is 5.91 Å². The van der Waals surface area contributed by atoms with E-state index in [9.17, 15) is 9.59 Å². The van der Waals surface area contributed by atoms with Crippen LogP contribution in [0, 0.1) is 0 Å². The van der Waals surface area contributed by atoms with E-state index in [-0.39, 0.29) is 22.5 Å². The van der Waals surface area contributed by atoms with Crippen molar-refractivity contribution < 1.29 is 14.3 Å². The Hall–Kier alpha value is -1.63. The van der Waals surface area contributed by atoms with Crippen LogP contribution in [0.3, 0.4) is 0 Å². The molecule has 0 bridgehead atoms. The molecule has 24 heavy (non-hydrogen) atoms. The largest absolute Gasteiger partial charge is 0.380 e. The van der Waals surface area contributed by atoms with Crippen LogP contribution < -0.4 is 11.1 Å². The van der Waals surface area contributed by atoms with Gasteiger partial charge in [-0.25, -0.2) is 0 Å². The van der Waals surface area contributed by atoms with Crippen LogP contribution in [0.4, 0.5) is 0 Å². The molecule has 2 fully saturated rings. The summed E-state index contributed by atoms with van der Waals surface area (Å²) in [6.45, 7) is 3.62. The normalized spacial score (nSPS) is 22.5. The van der Waals surface area contributed by atoms with E-state index < -0.39 is 5.91 Å². The zero-order valence-electron chi connectivity index (χ0n) is 13.5. The predicted molar refractivity (Wildman–Crippen MR) is 91.3 cm³/mol. The molecule has 2 saturated heterocycles. The van der Waals surface area contributed by atoms with Gasteiger partial charge in [0.15, 0.2) is 0 Å². The van der Waals surface area contributed by atoms with Gasteiger partial charge in [0, 0.05) is 37.3 Å². The summed E-state index contributed by atoms with van der Waals surface area (Å²) in [5.41, 5.74) is 5.88. The molecule has 0 aliphatic carbocycles. The van der Waals surface area contributed by atoms with Crippen molar-refractivity contribution >= 4 is 23.4 Å². The van der Waals surface area contributed by atoms with Crippen LogP contribution in [-0.4, -0.2) is 55.1 Å². The third-order valence-corrected chi connectivity index (χ3v) is 5.10. The summed E-state index contributed by atoms with van der Waals surface area (Å²) in [5.74, 6) is -0.772. The molecular formula is C17H22ClN3O3. The fourth-order valence-electron chi connectivity index (χ4n) is 3.34. The van der Waals surface area contributed by atoms with Crippen molar-refractivity contribution in [2.45, 2.75) is 31.3 Å². The highest BCUT2D eigenvalue weighted by Gasteiger charge is 2.28. The lowest BCUT2D eigenvalue weighted by Crippen LogP contribution is -2.48. The Kier molecular flexibility index (Phi) is 5.38. The van der Waals surface area contributed by atoms with Gasteiger partial charge in [0.05, 0.1) is 17.2 Å². The molecule has 3 rings (SSSR count). The summed E-state index contributed by atoms with van der Waals surface area (Å²) >= 11 is 6.00. The Balaban J connectivity index is 1.54. The molecule has 2 aliphatic rings. The topological polar surface area (TPSA) is 84.7 Å². The van der Waals surface area contributed by atoms with Gasteiger partial charge in [-0.15, -0.1) is 0 Å². The molecule has 0 radical (unpaired) electrons. The third-order valence-electron chi connectivity index (χ3n) is 4.78. The summed E-state index contributed by atoms with van der Waals surface area (Å²) < 4.78 is 5.44. The maximum Gasteiger partial charge on any atom is 0.251 e. The zero-order valence-corrected chi connectivity index (χ0v) is 14.2. The minimum atomic E-state index is -0.602. The molecule has 2 heterocycles. The number of halogens is 1. The summed E-state index contributed by atoms with van der Waals surface area (Å²) in [5, 5.41) is 3.25. The first-order chi connectivity index (χ1) is 11.5. The number of likely N-dealkylation sites (tertiary alicyclic amines) is 1. The highest BCUT2D eigenvalue weighted by Crippen LogP contribution is 2.20. The monoisotopic (exact) mass is 351 g/mol. The highest BCUT2D eigenvalue weighted by atomic mass is 35.5. The lowest BCUT2D eigenvalue weighted by atomic mass is 10.0. The van der Waals surface area contributed by atoms with Gasteiger partial charge in [0.25, 0.3) is 5.91 Å². The summed E-state index contributed by atoms with van der Waals surface area (Å²) in [7, 11) is 0. The molecule has 3 N–H and O–H groups in total. The molecule has 7 heteroatoms. The number of nitrogens with zero attached hydrogens (tertiary/aromatic N) is 1. The average molecular weight is 352 g/mol. The van der Waals surface area contributed by atoms with Crippen LogP contribution in [0.1, 0.15) is 40.0 Å². The van der Waals surface area contributed by atoms with Crippen LogP contribution in [0.5, 0.6) is 0 Å². The van der Waals surface area contributed by atoms with E-state index in [4.69, 9.17) is 22.1 Å². The van der Waals surface area contributed by atoms with Crippen molar-refractivity contribution in [3.8, 4) is 0 Å². The van der Waals surface area contributed by atoms with Crippen molar-refractivity contribution in [2.24, 2.45) is 5.73 Å². The molecule has 0 spiro atoms. The smallest absolute Gasteiger partial charge is 0.251 e. The number of carbonyl (C=O) groups excluding carboxylic acids is 2. The molecule has 0 saturated carbocycles. The first-order valence-electron chi connectivity index (χ1n) is 8.26.